The Kier molecular flexibility index (Phi) is 5.99. The largest absolute Gasteiger partial charge is 0.493 e. The van der Waals surface area contributed by atoms with E-state index in [4.69, 9.17) is 14.7 Å². The van der Waals surface area contributed by atoms with Crippen LogP contribution in [0.2, 0.25) is 0 Å². The van der Waals surface area contributed by atoms with Gasteiger partial charge < -0.3 is 9.47 Å². The van der Waals surface area contributed by atoms with E-state index < -0.39 is 0 Å². The first kappa shape index (κ1) is 18.0. The lowest BCUT2D eigenvalue weighted by Crippen LogP contribution is -2.22. The highest BCUT2D eigenvalue weighted by Gasteiger charge is 2.27. The summed E-state index contributed by atoms with van der Waals surface area (Å²) in [6.45, 7) is 4.49. The van der Waals surface area contributed by atoms with Gasteiger partial charge in [0.15, 0.2) is 11.5 Å². The molecule has 6 nitrogen and oxygen atoms in total. The standard InChI is InChI=1S/C17H18BrN3O3/c1-4-24-16-14(18)9-12(10-15(16)23-3)8-13-11(2)20-21(17(13)22)7-5-6-19/h8-10H,4-5,7H2,1-3H3. The van der Waals surface area contributed by atoms with Gasteiger partial charge >= 0.3 is 0 Å². The van der Waals surface area contributed by atoms with E-state index in [1.54, 1.807) is 26.2 Å². The maximum Gasteiger partial charge on any atom is 0.275 e. The summed E-state index contributed by atoms with van der Waals surface area (Å²) in [6.07, 6.45) is 2.01. The van der Waals surface area contributed by atoms with E-state index in [1.807, 2.05) is 19.1 Å². The number of nitriles is 1. The normalized spacial score (nSPS) is 15.5. The van der Waals surface area contributed by atoms with Crippen molar-refractivity contribution in [2.45, 2.75) is 20.3 Å². The number of benzene rings is 1. The number of amides is 1. The Morgan fingerprint density at radius 1 is 1.46 bits per heavy atom. The summed E-state index contributed by atoms with van der Waals surface area (Å²) in [7, 11) is 1.57. The molecule has 0 aliphatic carbocycles. The van der Waals surface area contributed by atoms with Gasteiger partial charge in [0, 0.05) is 0 Å². The van der Waals surface area contributed by atoms with Crippen LogP contribution >= 0.6 is 15.9 Å². The minimum Gasteiger partial charge on any atom is -0.493 e. The minimum atomic E-state index is -0.202. The SMILES string of the molecule is CCOc1c(Br)cc(C=C2C(=O)N(CCC#N)N=C2C)cc1OC. The first-order valence-electron chi connectivity index (χ1n) is 7.48. The van der Waals surface area contributed by atoms with Crippen molar-refractivity contribution >= 4 is 33.6 Å². The molecular formula is C17H18BrN3O3. The number of nitrogens with zero attached hydrogens (tertiary/aromatic N) is 3. The molecular weight excluding hydrogens is 374 g/mol. The van der Waals surface area contributed by atoms with E-state index in [0.717, 1.165) is 10.0 Å². The van der Waals surface area contributed by atoms with Crippen LogP contribution in [-0.4, -0.2) is 36.9 Å². The van der Waals surface area contributed by atoms with Crippen LogP contribution in [0.5, 0.6) is 11.5 Å². The van der Waals surface area contributed by atoms with Crippen LogP contribution in [0.3, 0.4) is 0 Å². The van der Waals surface area contributed by atoms with Gasteiger partial charge in [-0.3, -0.25) is 4.79 Å². The van der Waals surface area contributed by atoms with Crippen molar-refractivity contribution in [1.82, 2.24) is 5.01 Å². The molecule has 0 fully saturated rings. The van der Waals surface area contributed by atoms with Gasteiger partial charge in [-0.15, -0.1) is 0 Å². The Morgan fingerprint density at radius 3 is 2.83 bits per heavy atom. The zero-order chi connectivity index (χ0) is 17.7. The molecule has 0 radical (unpaired) electrons. The summed E-state index contributed by atoms with van der Waals surface area (Å²) in [4.78, 5) is 12.4. The maximum atomic E-state index is 12.4. The van der Waals surface area contributed by atoms with Crippen LogP contribution in [0.1, 0.15) is 25.8 Å². The van der Waals surface area contributed by atoms with Gasteiger partial charge in [0.1, 0.15) is 0 Å². The fourth-order valence-electron chi connectivity index (χ4n) is 2.32. The molecule has 0 N–H and O–H groups in total. The molecule has 1 amide bonds. The van der Waals surface area contributed by atoms with Gasteiger partial charge in [-0.05, 0) is 53.5 Å². The number of hydrogen-bond acceptors (Lipinski definition) is 5. The van der Waals surface area contributed by atoms with Crippen LogP contribution in [0.25, 0.3) is 6.08 Å². The van der Waals surface area contributed by atoms with Crippen molar-refractivity contribution in [3.05, 3.63) is 27.7 Å². The smallest absolute Gasteiger partial charge is 0.275 e. The van der Waals surface area contributed by atoms with E-state index in [-0.39, 0.29) is 12.3 Å². The van der Waals surface area contributed by atoms with Crippen LogP contribution < -0.4 is 9.47 Å². The monoisotopic (exact) mass is 391 g/mol. The van der Waals surface area contributed by atoms with Crippen molar-refractivity contribution in [3.8, 4) is 17.6 Å². The number of methoxy groups -OCH3 is 1. The predicted octanol–water partition coefficient (Wildman–Crippen LogP) is 3.37. The first-order valence-corrected chi connectivity index (χ1v) is 8.27. The number of rotatable bonds is 6. The third-order valence-corrected chi connectivity index (χ3v) is 4.00. The zero-order valence-electron chi connectivity index (χ0n) is 13.8. The predicted molar refractivity (Wildman–Crippen MR) is 94.9 cm³/mol. The van der Waals surface area contributed by atoms with Crippen molar-refractivity contribution in [1.29, 1.82) is 5.26 Å². The lowest BCUT2D eigenvalue weighted by molar-refractivity contribution is -0.125. The Labute approximate surface area is 149 Å². The van der Waals surface area contributed by atoms with Gasteiger partial charge in [0.05, 0.1) is 48.5 Å². The van der Waals surface area contributed by atoms with Gasteiger partial charge in [-0.2, -0.15) is 10.4 Å². The molecule has 0 saturated carbocycles. The van der Waals surface area contributed by atoms with Crippen molar-refractivity contribution in [2.24, 2.45) is 5.10 Å². The van der Waals surface area contributed by atoms with E-state index >= 15 is 0 Å². The molecule has 1 aliphatic heterocycles. The van der Waals surface area contributed by atoms with Gasteiger partial charge in [0.25, 0.3) is 5.91 Å². The third-order valence-electron chi connectivity index (χ3n) is 3.41. The zero-order valence-corrected chi connectivity index (χ0v) is 15.4. The van der Waals surface area contributed by atoms with E-state index in [1.165, 1.54) is 5.01 Å². The van der Waals surface area contributed by atoms with E-state index in [9.17, 15) is 4.79 Å². The quantitative estimate of drug-likeness (QED) is 0.696. The summed E-state index contributed by atoms with van der Waals surface area (Å²) >= 11 is 3.47. The first-order chi connectivity index (χ1) is 11.5. The molecule has 0 saturated heterocycles. The van der Waals surface area contributed by atoms with Gasteiger partial charge in [-0.25, -0.2) is 5.01 Å². The van der Waals surface area contributed by atoms with Crippen molar-refractivity contribution in [3.63, 3.8) is 0 Å². The Bertz CT molecular complexity index is 750. The maximum absolute atomic E-state index is 12.4. The fourth-order valence-corrected chi connectivity index (χ4v) is 2.90. The fraction of sp³-hybridized carbons (Fsp3) is 0.353. The van der Waals surface area contributed by atoms with Gasteiger partial charge in [-0.1, -0.05) is 0 Å². The highest BCUT2D eigenvalue weighted by atomic mass is 79.9. The Morgan fingerprint density at radius 2 is 2.21 bits per heavy atom. The molecule has 0 aromatic heterocycles. The molecule has 1 heterocycles. The molecule has 24 heavy (non-hydrogen) atoms. The third kappa shape index (κ3) is 3.77. The number of ether oxygens (including phenoxy) is 2. The summed E-state index contributed by atoms with van der Waals surface area (Å²) in [5.74, 6) is 1.01. The molecule has 7 heteroatoms. The summed E-state index contributed by atoms with van der Waals surface area (Å²) < 4.78 is 11.7. The second-order valence-corrected chi connectivity index (χ2v) is 5.90. The van der Waals surface area contributed by atoms with Crippen LogP contribution in [0, 0.1) is 11.3 Å². The van der Waals surface area contributed by atoms with E-state index in [2.05, 4.69) is 21.0 Å². The van der Waals surface area contributed by atoms with Crippen LogP contribution in [0.4, 0.5) is 0 Å². The van der Waals surface area contributed by atoms with E-state index in [0.29, 0.717) is 35.9 Å². The molecule has 2 rings (SSSR count). The summed E-state index contributed by atoms with van der Waals surface area (Å²) in [5.41, 5.74) is 1.93. The summed E-state index contributed by atoms with van der Waals surface area (Å²) in [6, 6.07) is 5.68. The highest BCUT2D eigenvalue weighted by molar-refractivity contribution is 9.10. The Hall–Kier alpha value is -2.33. The second kappa shape index (κ2) is 7.97. The van der Waals surface area contributed by atoms with Crippen LogP contribution in [-0.2, 0) is 4.79 Å². The lowest BCUT2D eigenvalue weighted by Gasteiger charge is -2.12. The molecule has 1 aromatic carbocycles. The molecule has 126 valence electrons. The molecule has 0 atom stereocenters. The summed E-state index contributed by atoms with van der Waals surface area (Å²) in [5, 5.41) is 14.2. The molecule has 0 spiro atoms. The number of hydrogen-bond donors (Lipinski definition) is 0. The van der Waals surface area contributed by atoms with Crippen LogP contribution in [0.15, 0.2) is 27.3 Å². The number of halogens is 1. The highest BCUT2D eigenvalue weighted by Crippen LogP contribution is 2.37. The number of hydrazone groups is 1. The van der Waals surface area contributed by atoms with Crippen molar-refractivity contribution < 1.29 is 14.3 Å². The average Bonchev–Trinajstić information content (AvgIpc) is 2.82. The van der Waals surface area contributed by atoms with Crippen molar-refractivity contribution in [2.75, 3.05) is 20.3 Å². The average molecular weight is 392 g/mol. The Balaban J connectivity index is 2.35. The lowest BCUT2D eigenvalue weighted by atomic mass is 10.1. The second-order valence-electron chi connectivity index (χ2n) is 5.05. The molecule has 0 unspecified atom stereocenters. The molecule has 0 bridgehead atoms. The molecule has 1 aromatic rings. The topological polar surface area (TPSA) is 74.9 Å². The number of carbonyl (C=O) groups excluding carboxylic acids is 1. The number of carbonyl (C=O) groups is 1. The van der Waals surface area contributed by atoms with Gasteiger partial charge in [0.2, 0.25) is 0 Å². The minimum absolute atomic E-state index is 0.202. The molecule has 1 aliphatic rings.